The minimum atomic E-state index is -4.88. The summed E-state index contributed by atoms with van der Waals surface area (Å²) in [5.41, 5.74) is 1.08. The molecule has 2 aliphatic heterocycles. The number of carbonyl (C=O) groups excluding carboxylic acids is 1. The van der Waals surface area contributed by atoms with Gasteiger partial charge in [-0.25, -0.2) is 9.59 Å². The lowest BCUT2D eigenvalue weighted by molar-refractivity contribution is -0.0317. The highest BCUT2D eigenvalue weighted by Crippen LogP contribution is 2.43. The van der Waals surface area contributed by atoms with Gasteiger partial charge in [-0.2, -0.15) is 18.6 Å². The summed E-state index contributed by atoms with van der Waals surface area (Å²) in [4.78, 5) is 24.3. The van der Waals surface area contributed by atoms with Crippen LogP contribution in [0.2, 0.25) is 0 Å². The Labute approximate surface area is 130 Å². The van der Waals surface area contributed by atoms with Gasteiger partial charge in [0.2, 0.25) is 0 Å². The van der Waals surface area contributed by atoms with Crippen LogP contribution in [0.1, 0.15) is 23.3 Å². The topological polar surface area (TPSA) is 154 Å². The third kappa shape index (κ3) is 2.58. The summed E-state index contributed by atoms with van der Waals surface area (Å²) in [6, 6.07) is -2.23. The van der Waals surface area contributed by atoms with E-state index in [-0.39, 0.29) is 13.1 Å². The molecule has 1 saturated heterocycles. The van der Waals surface area contributed by atoms with E-state index in [1.54, 1.807) is 7.05 Å². The molecule has 3 rings (SSSR count). The Balaban J connectivity index is 2.00. The van der Waals surface area contributed by atoms with Crippen molar-refractivity contribution in [3.05, 3.63) is 17.5 Å². The van der Waals surface area contributed by atoms with E-state index >= 15 is 0 Å². The fraction of sp³-hybridized carbons (Fsp3) is 0.500. The molecule has 2 bridgehead atoms. The monoisotopic (exact) mass is 347 g/mol. The van der Waals surface area contributed by atoms with E-state index in [0.717, 1.165) is 0 Å². The van der Waals surface area contributed by atoms with Crippen molar-refractivity contribution >= 4 is 22.5 Å². The Hall–Kier alpha value is -2.38. The minimum Gasteiger partial charge on any atom is -0.465 e. The van der Waals surface area contributed by atoms with Crippen molar-refractivity contribution in [2.75, 3.05) is 13.1 Å². The molecule has 3 N–H and O–H groups in total. The molecule has 12 nitrogen and oxygen atoms in total. The van der Waals surface area contributed by atoms with Gasteiger partial charge in [-0.1, -0.05) is 0 Å². The van der Waals surface area contributed by atoms with Crippen LogP contribution in [0.4, 0.5) is 9.59 Å². The molecule has 3 heterocycles. The molecule has 13 heteroatoms. The fourth-order valence-electron chi connectivity index (χ4n) is 2.94. The van der Waals surface area contributed by atoms with Gasteiger partial charge in [-0.3, -0.25) is 9.23 Å². The Bertz CT molecular complexity index is 775. The van der Waals surface area contributed by atoms with E-state index in [9.17, 15) is 18.0 Å². The van der Waals surface area contributed by atoms with Crippen molar-refractivity contribution in [2.45, 2.75) is 12.1 Å². The van der Waals surface area contributed by atoms with Crippen molar-refractivity contribution < 1.29 is 31.9 Å². The van der Waals surface area contributed by atoms with Gasteiger partial charge in [-0.15, -0.1) is 4.28 Å². The van der Waals surface area contributed by atoms with E-state index in [1.807, 2.05) is 0 Å². The number of amides is 3. The third-order valence-corrected chi connectivity index (χ3v) is 4.12. The summed E-state index contributed by atoms with van der Waals surface area (Å²) in [6.07, 6.45) is 0.192. The zero-order valence-corrected chi connectivity index (χ0v) is 12.6. The summed E-state index contributed by atoms with van der Waals surface area (Å²) in [5, 5.41) is 15.6. The molecule has 126 valence electrons. The highest BCUT2D eigenvalue weighted by Gasteiger charge is 2.51. The van der Waals surface area contributed by atoms with E-state index in [0.29, 0.717) is 16.3 Å². The number of aryl methyl sites for hydroxylation is 1. The summed E-state index contributed by atoms with van der Waals surface area (Å²) in [6.45, 7) is -0.0148. The van der Waals surface area contributed by atoms with Crippen LogP contribution >= 0.6 is 0 Å². The lowest BCUT2D eigenvalue weighted by atomic mass is 9.98. The van der Waals surface area contributed by atoms with Gasteiger partial charge in [0.15, 0.2) is 0 Å². The highest BCUT2D eigenvalue weighted by atomic mass is 32.3. The van der Waals surface area contributed by atoms with Crippen LogP contribution in [-0.2, 0) is 21.7 Å². The molecule has 1 aromatic rings. The molecule has 0 aliphatic carbocycles. The maximum atomic E-state index is 12.3. The van der Waals surface area contributed by atoms with Crippen LogP contribution in [0.15, 0.2) is 6.20 Å². The summed E-state index contributed by atoms with van der Waals surface area (Å²) in [7, 11) is -3.25. The Morgan fingerprint density at radius 2 is 2.26 bits per heavy atom. The first kappa shape index (κ1) is 15.5. The zero-order chi connectivity index (χ0) is 16.9. The number of rotatable bonds is 4. The zero-order valence-electron chi connectivity index (χ0n) is 11.8. The van der Waals surface area contributed by atoms with Crippen molar-refractivity contribution in [1.82, 2.24) is 25.1 Å². The lowest BCUT2D eigenvalue weighted by Crippen LogP contribution is -2.41. The number of nitrogens with one attached hydrogen (secondary N) is 1. The second-order valence-electron chi connectivity index (χ2n) is 5.09. The first-order valence-electron chi connectivity index (χ1n) is 6.44. The predicted molar refractivity (Wildman–Crippen MR) is 71.3 cm³/mol. The maximum Gasteiger partial charge on any atom is 0.418 e. The molecule has 0 saturated carbocycles. The van der Waals surface area contributed by atoms with Crippen molar-refractivity contribution in [2.24, 2.45) is 7.05 Å². The van der Waals surface area contributed by atoms with Gasteiger partial charge < -0.3 is 15.3 Å². The quantitative estimate of drug-likeness (QED) is 0.601. The highest BCUT2D eigenvalue weighted by molar-refractivity contribution is 7.80. The van der Waals surface area contributed by atoms with E-state index in [4.69, 9.17) is 9.66 Å². The van der Waals surface area contributed by atoms with Gasteiger partial charge in [-0.05, 0) is 0 Å². The summed E-state index contributed by atoms with van der Waals surface area (Å²) < 4.78 is 36.6. The number of carbonyl (C=O) groups is 2. The van der Waals surface area contributed by atoms with E-state index in [2.05, 4.69) is 14.7 Å². The average molecular weight is 347 g/mol. The van der Waals surface area contributed by atoms with Crippen LogP contribution in [0.5, 0.6) is 0 Å². The molecular weight excluding hydrogens is 334 g/mol. The standard InChI is InChI=1S/C10H13N5O7S/c1-13-8-5(2-12-13)7-4-14(6(8)3-11-9(16)17)10(18)15(7)22-23(19,20)21/h2,6-7,11H,3-4H2,1H3,(H,16,17)(H,19,20,21)/t6-,7-/m1/s1. The number of aromatic nitrogens is 2. The van der Waals surface area contributed by atoms with Crippen LogP contribution < -0.4 is 5.32 Å². The second-order valence-corrected chi connectivity index (χ2v) is 6.09. The molecule has 1 aromatic heterocycles. The van der Waals surface area contributed by atoms with Crippen LogP contribution in [0.3, 0.4) is 0 Å². The van der Waals surface area contributed by atoms with Crippen molar-refractivity contribution in [3.8, 4) is 0 Å². The summed E-state index contributed by atoms with van der Waals surface area (Å²) >= 11 is 0. The first-order valence-corrected chi connectivity index (χ1v) is 7.81. The molecule has 23 heavy (non-hydrogen) atoms. The van der Waals surface area contributed by atoms with E-state index in [1.165, 1.54) is 15.8 Å². The summed E-state index contributed by atoms with van der Waals surface area (Å²) in [5.74, 6) is 0. The maximum absolute atomic E-state index is 12.3. The predicted octanol–water partition coefficient (Wildman–Crippen LogP) is -0.744. The number of urea groups is 1. The molecule has 0 aromatic carbocycles. The molecule has 0 spiro atoms. The number of fused-ring (bicyclic) bond motifs is 4. The number of hydrogen-bond donors (Lipinski definition) is 3. The molecule has 0 radical (unpaired) electrons. The fourth-order valence-corrected chi connectivity index (χ4v) is 3.31. The van der Waals surface area contributed by atoms with Gasteiger partial charge in [0, 0.05) is 19.2 Å². The Kier molecular flexibility index (Phi) is 3.42. The van der Waals surface area contributed by atoms with Crippen LogP contribution in [0.25, 0.3) is 0 Å². The van der Waals surface area contributed by atoms with Crippen molar-refractivity contribution in [3.63, 3.8) is 0 Å². The SMILES string of the molecule is Cn1ncc2c1[C@@H](CNC(=O)O)N1C[C@H]2N(OS(=O)(=O)O)C1=O. The normalized spacial score (nSPS) is 23.1. The smallest absolute Gasteiger partial charge is 0.418 e. The number of nitrogens with zero attached hydrogens (tertiary/aromatic N) is 4. The average Bonchev–Trinajstić information content (AvgIpc) is 2.93. The van der Waals surface area contributed by atoms with Gasteiger partial charge >= 0.3 is 22.5 Å². The molecule has 3 amide bonds. The molecule has 2 atom stereocenters. The lowest BCUT2D eigenvalue weighted by Gasteiger charge is -2.30. The van der Waals surface area contributed by atoms with Crippen molar-refractivity contribution in [1.29, 1.82) is 0 Å². The molecule has 0 unspecified atom stereocenters. The molecular formula is C10H13N5O7S. The molecule has 1 fully saturated rings. The van der Waals surface area contributed by atoms with Gasteiger partial charge in [0.25, 0.3) is 0 Å². The van der Waals surface area contributed by atoms with Crippen LogP contribution in [-0.4, -0.2) is 63.0 Å². The minimum absolute atomic E-state index is 0.0824. The van der Waals surface area contributed by atoms with Gasteiger partial charge in [0.05, 0.1) is 24.5 Å². The molecule has 2 aliphatic rings. The third-order valence-electron chi connectivity index (χ3n) is 3.77. The number of hydroxylamine groups is 2. The van der Waals surface area contributed by atoms with E-state index < -0.39 is 34.6 Å². The van der Waals surface area contributed by atoms with Gasteiger partial charge in [0.1, 0.15) is 6.04 Å². The largest absolute Gasteiger partial charge is 0.465 e. The number of carboxylic acid groups (broad SMARTS) is 1. The van der Waals surface area contributed by atoms with Crippen LogP contribution in [0, 0.1) is 0 Å². The first-order chi connectivity index (χ1) is 10.7. The number of hydrogen-bond acceptors (Lipinski definition) is 6. The Morgan fingerprint density at radius 3 is 2.87 bits per heavy atom. The Morgan fingerprint density at radius 1 is 1.57 bits per heavy atom. The second kappa shape index (κ2) is 5.07.